The Hall–Kier alpha value is -1.94. The Morgan fingerprint density at radius 1 is 1.00 bits per heavy atom. The van der Waals surface area contributed by atoms with Gasteiger partial charge in [0.15, 0.2) is 0 Å². The van der Waals surface area contributed by atoms with Crippen LogP contribution in [0.1, 0.15) is 33.0 Å². The third-order valence-corrected chi connectivity index (χ3v) is 5.23. The number of hydrogen-bond acceptors (Lipinski definition) is 2. The van der Waals surface area contributed by atoms with E-state index < -0.39 is 35.3 Å². The van der Waals surface area contributed by atoms with Gasteiger partial charge in [0.2, 0.25) is 0 Å². The molecule has 0 saturated heterocycles. The van der Waals surface area contributed by atoms with Crippen LogP contribution in [0.25, 0.3) is 6.08 Å². The van der Waals surface area contributed by atoms with Gasteiger partial charge >= 0.3 is 12.4 Å². The van der Waals surface area contributed by atoms with Gasteiger partial charge in [0.1, 0.15) is 0 Å². The highest BCUT2D eigenvalue weighted by Crippen LogP contribution is 2.41. The monoisotopic (exact) mass is 504 g/mol. The number of carbonyl (C=O) groups is 1. The summed E-state index contributed by atoms with van der Waals surface area (Å²) >= 11 is 17.4. The second-order valence-electron chi connectivity index (χ2n) is 6.18. The third-order valence-electron chi connectivity index (χ3n) is 4.03. The molecule has 0 spiro atoms. The molecule has 0 radical (unpaired) electrons. The Morgan fingerprint density at radius 3 is 2.06 bits per heavy atom. The highest BCUT2D eigenvalue weighted by Gasteiger charge is 2.39. The molecule has 0 aromatic heterocycles. The van der Waals surface area contributed by atoms with Crippen molar-refractivity contribution in [2.24, 2.45) is 0 Å². The summed E-state index contributed by atoms with van der Waals surface area (Å²) in [5.74, 6) is -3.27. The first-order valence-corrected chi connectivity index (χ1v) is 9.46. The lowest BCUT2D eigenvalue weighted by molar-refractivity contribution is -0.139. The molecule has 3 nitrogen and oxygen atoms in total. The van der Waals surface area contributed by atoms with Crippen LogP contribution >= 0.6 is 34.8 Å². The van der Waals surface area contributed by atoms with E-state index in [1.54, 1.807) is 0 Å². The molecule has 0 aliphatic rings. The number of nitrogens with one attached hydrogen (secondary N) is 2. The summed E-state index contributed by atoms with van der Waals surface area (Å²) in [5.41, 5.74) is 1.68. The fourth-order valence-electron chi connectivity index (χ4n) is 2.65. The summed E-state index contributed by atoms with van der Waals surface area (Å²) in [7, 11) is 1.29. The molecule has 0 saturated carbocycles. The topological polar surface area (TPSA) is 41.1 Å². The summed E-state index contributed by atoms with van der Waals surface area (Å²) in [4.78, 5) is 11.8. The fraction of sp³-hybridized carbons (Fsp3) is 0.211. The van der Waals surface area contributed by atoms with E-state index in [0.717, 1.165) is 30.3 Å². The highest BCUT2D eigenvalue weighted by atomic mass is 35.5. The van der Waals surface area contributed by atoms with Crippen LogP contribution in [0.4, 0.5) is 26.3 Å². The normalized spacial score (nSPS) is 13.5. The lowest BCUT2D eigenvalue weighted by Crippen LogP contribution is -2.35. The van der Waals surface area contributed by atoms with Crippen LogP contribution in [-0.2, 0) is 6.18 Å². The number of allylic oxidation sites excluding steroid dienone is 1. The average Bonchev–Trinajstić information content (AvgIpc) is 2.64. The maximum Gasteiger partial charge on any atom is 0.417 e. The third kappa shape index (κ3) is 6.29. The zero-order chi connectivity index (χ0) is 23.6. The molecule has 31 heavy (non-hydrogen) atoms. The molecular formula is C19H13Cl3F6N2O. The molecule has 0 heterocycles. The standard InChI is InChI=1S/C19H13Cl3F6N2O/c1-29-30-17(31)11-4-2-9(6-13(11)19(26,27)28)3-5-12(18(23,24)25)10-7-14(20)16(22)15(21)8-10/h2-8,12,29H,1H3,(H,30,31). The van der Waals surface area contributed by atoms with E-state index in [1.165, 1.54) is 7.05 Å². The van der Waals surface area contributed by atoms with Crippen molar-refractivity contribution in [3.8, 4) is 0 Å². The number of carbonyl (C=O) groups excluding carboxylic acids is 1. The number of halogens is 9. The van der Waals surface area contributed by atoms with Crippen molar-refractivity contribution >= 4 is 46.8 Å². The van der Waals surface area contributed by atoms with E-state index in [2.05, 4.69) is 5.43 Å². The van der Waals surface area contributed by atoms with Crippen molar-refractivity contribution in [3.05, 3.63) is 73.7 Å². The number of rotatable bonds is 5. The second-order valence-corrected chi connectivity index (χ2v) is 7.38. The van der Waals surface area contributed by atoms with E-state index in [9.17, 15) is 31.1 Å². The van der Waals surface area contributed by atoms with Crippen LogP contribution < -0.4 is 10.9 Å². The molecule has 0 fully saturated rings. The zero-order valence-corrected chi connectivity index (χ0v) is 17.7. The Morgan fingerprint density at radius 2 is 1.58 bits per heavy atom. The number of alkyl halides is 6. The van der Waals surface area contributed by atoms with Crippen molar-refractivity contribution in [1.29, 1.82) is 0 Å². The quantitative estimate of drug-likeness (QED) is 0.264. The molecule has 12 heteroatoms. The molecule has 168 valence electrons. The predicted octanol–water partition coefficient (Wildman–Crippen LogP) is 6.89. The smallest absolute Gasteiger partial charge is 0.288 e. The number of benzene rings is 2. The Kier molecular flexibility index (Phi) is 7.91. The van der Waals surface area contributed by atoms with Gasteiger partial charge in [0.25, 0.3) is 5.91 Å². The van der Waals surface area contributed by atoms with E-state index in [0.29, 0.717) is 12.1 Å². The van der Waals surface area contributed by atoms with Gasteiger partial charge in [-0.3, -0.25) is 10.2 Å². The van der Waals surface area contributed by atoms with Crippen molar-refractivity contribution in [1.82, 2.24) is 10.9 Å². The number of hydrazine groups is 1. The van der Waals surface area contributed by atoms with Crippen molar-refractivity contribution < 1.29 is 31.1 Å². The summed E-state index contributed by atoms with van der Waals surface area (Å²) in [6, 6.07) is 4.49. The van der Waals surface area contributed by atoms with Gasteiger partial charge in [-0.25, -0.2) is 5.43 Å². The number of amides is 1. The van der Waals surface area contributed by atoms with Crippen molar-refractivity contribution in [3.63, 3.8) is 0 Å². The van der Waals surface area contributed by atoms with E-state index in [4.69, 9.17) is 34.8 Å². The van der Waals surface area contributed by atoms with Crippen LogP contribution in [0.15, 0.2) is 36.4 Å². The van der Waals surface area contributed by atoms with Gasteiger partial charge in [0, 0.05) is 7.05 Å². The van der Waals surface area contributed by atoms with Crippen LogP contribution in [0.3, 0.4) is 0 Å². The largest absolute Gasteiger partial charge is 0.417 e. The molecule has 2 rings (SSSR count). The van der Waals surface area contributed by atoms with Gasteiger partial charge < -0.3 is 0 Å². The van der Waals surface area contributed by atoms with Crippen LogP contribution in [-0.4, -0.2) is 19.1 Å². The maximum absolute atomic E-state index is 13.6. The van der Waals surface area contributed by atoms with Gasteiger partial charge in [0.05, 0.1) is 32.1 Å². The fourth-order valence-corrected chi connectivity index (χ4v) is 3.26. The lowest BCUT2D eigenvalue weighted by atomic mass is 9.96. The molecule has 0 aliphatic heterocycles. The van der Waals surface area contributed by atoms with E-state index in [1.807, 2.05) is 5.43 Å². The first kappa shape index (κ1) is 25.3. The Balaban J connectivity index is 2.51. The second kappa shape index (κ2) is 9.68. The predicted molar refractivity (Wildman–Crippen MR) is 107 cm³/mol. The minimum Gasteiger partial charge on any atom is -0.288 e. The van der Waals surface area contributed by atoms with E-state index >= 15 is 0 Å². The minimum absolute atomic E-state index is 0.123. The molecule has 1 amide bonds. The van der Waals surface area contributed by atoms with E-state index in [-0.39, 0.29) is 26.2 Å². The zero-order valence-electron chi connectivity index (χ0n) is 15.4. The van der Waals surface area contributed by atoms with Gasteiger partial charge in [-0.1, -0.05) is 53.0 Å². The summed E-state index contributed by atoms with van der Waals surface area (Å²) in [6.07, 6.45) is -8.18. The van der Waals surface area contributed by atoms with Gasteiger partial charge in [-0.2, -0.15) is 26.3 Å². The molecule has 0 bridgehead atoms. The lowest BCUT2D eigenvalue weighted by Gasteiger charge is -2.18. The summed E-state index contributed by atoms with van der Waals surface area (Å²) in [6.45, 7) is 0. The molecule has 2 N–H and O–H groups in total. The molecule has 2 aromatic rings. The summed E-state index contributed by atoms with van der Waals surface area (Å²) in [5, 5.41) is -0.528. The van der Waals surface area contributed by atoms with Crippen molar-refractivity contribution in [2.75, 3.05) is 7.05 Å². The molecule has 1 atom stereocenters. The van der Waals surface area contributed by atoms with Crippen LogP contribution in [0.2, 0.25) is 15.1 Å². The van der Waals surface area contributed by atoms with Crippen molar-refractivity contribution in [2.45, 2.75) is 18.3 Å². The Bertz CT molecular complexity index is 982. The molecule has 2 aromatic carbocycles. The van der Waals surface area contributed by atoms with Gasteiger partial charge in [-0.05, 0) is 35.4 Å². The first-order valence-electron chi connectivity index (χ1n) is 8.33. The Labute approximate surface area is 187 Å². The van der Waals surface area contributed by atoms with Crippen LogP contribution in [0.5, 0.6) is 0 Å². The average molecular weight is 506 g/mol. The molecule has 0 aliphatic carbocycles. The number of hydrogen-bond donors (Lipinski definition) is 2. The molecular weight excluding hydrogens is 493 g/mol. The van der Waals surface area contributed by atoms with Crippen LogP contribution in [0, 0.1) is 0 Å². The minimum atomic E-state index is -4.91. The first-order chi connectivity index (χ1) is 14.3. The maximum atomic E-state index is 13.6. The highest BCUT2D eigenvalue weighted by molar-refractivity contribution is 6.48. The SMILES string of the molecule is CNNC(=O)c1ccc(C=CC(c2cc(Cl)c(Cl)c(Cl)c2)C(F)(F)F)cc1C(F)(F)F. The van der Waals surface area contributed by atoms with Gasteiger partial charge in [-0.15, -0.1) is 0 Å². The molecule has 1 unspecified atom stereocenters. The summed E-state index contributed by atoms with van der Waals surface area (Å²) < 4.78 is 80.8.